The number of hydrogen-bond donors (Lipinski definition) is 2. The molecule has 6 nitrogen and oxygen atoms in total. The normalized spacial score (nSPS) is 11.8. The summed E-state index contributed by atoms with van der Waals surface area (Å²) in [5.41, 5.74) is 1.15. The molecule has 1 aromatic heterocycles. The van der Waals surface area contributed by atoms with Crippen molar-refractivity contribution in [1.29, 1.82) is 0 Å². The van der Waals surface area contributed by atoms with Gasteiger partial charge in [-0.1, -0.05) is 12.1 Å². The van der Waals surface area contributed by atoms with Crippen molar-refractivity contribution in [2.24, 2.45) is 5.14 Å². The van der Waals surface area contributed by atoms with Crippen LogP contribution < -0.4 is 10.5 Å². The minimum Gasteiger partial charge on any atom is -0.352 e. The third-order valence-electron chi connectivity index (χ3n) is 2.60. The average Bonchev–Trinajstić information content (AvgIpc) is 2.77. The first-order valence-corrected chi connectivity index (χ1v) is 7.35. The van der Waals surface area contributed by atoms with Gasteiger partial charge in [0.15, 0.2) is 0 Å². The standard InChI is InChI=1S/C12H16N4O2S/c1-9(2)16-8-10(7-14-16)15-11-5-3-4-6-12(11)19(13,17)18/h3-9,15H,1-2H3,(H2,13,17,18). The summed E-state index contributed by atoms with van der Waals surface area (Å²) in [4.78, 5) is 0.0623. The van der Waals surface area contributed by atoms with E-state index in [0.29, 0.717) is 11.4 Å². The van der Waals surface area contributed by atoms with E-state index in [4.69, 9.17) is 5.14 Å². The van der Waals surface area contributed by atoms with E-state index in [0.717, 1.165) is 0 Å². The lowest BCUT2D eigenvalue weighted by Gasteiger charge is -2.08. The number of nitrogens with zero attached hydrogens (tertiary/aromatic N) is 2. The highest BCUT2D eigenvalue weighted by molar-refractivity contribution is 7.89. The smallest absolute Gasteiger partial charge is 0.240 e. The minimum atomic E-state index is -3.75. The van der Waals surface area contributed by atoms with Gasteiger partial charge >= 0.3 is 0 Å². The summed E-state index contributed by atoms with van der Waals surface area (Å²) in [5.74, 6) is 0. The zero-order valence-corrected chi connectivity index (χ0v) is 11.6. The maximum absolute atomic E-state index is 11.5. The first kappa shape index (κ1) is 13.6. The Hall–Kier alpha value is -1.86. The van der Waals surface area contributed by atoms with Gasteiger partial charge in [-0.15, -0.1) is 0 Å². The van der Waals surface area contributed by atoms with E-state index in [1.807, 2.05) is 20.0 Å². The highest BCUT2D eigenvalue weighted by atomic mass is 32.2. The Morgan fingerprint density at radius 2 is 2.00 bits per heavy atom. The van der Waals surface area contributed by atoms with E-state index in [9.17, 15) is 8.42 Å². The Balaban J connectivity index is 2.33. The van der Waals surface area contributed by atoms with Crippen LogP contribution in [0.1, 0.15) is 19.9 Å². The number of aromatic nitrogens is 2. The average molecular weight is 280 g/mol. The fourth-order valence-corrected chi connectivity index (χ4v) is 2.35. The van der Waals surface area contributed by atoms with Crippen LogP contribution in [-0.2, 0) is 10.0 Å². The van der Waals surface area contributed by atoms with Crippen molar-refractivity contribution >= 4 is 21.4 Å². The molecule has 19 heavy (non-hydrogen) atoms. The topological polar surface area (TPSA) is 90.0 Å². The molecule has 2 rings (SSSR count). The first-order valence-electron chi connectivity index (χ1n) is 5.81. The molecule has 0 saturated heterocycles. The van der Waals surface area contributed by atoms with Crippen LogP contribution in [0.15, 0.2) is 41.6 Å². The molecule has 0 atom stereocenters. The second kappa shape index (κ2) is 5.02. The molecule has 7 heteroatoms. The number of primary sulfonamides is 1. The third-order valence-corrected chi connectivity index (χ3v) is 3.57. The molecule has 1 aromatic carbocycles. The molecule has 1 heterocycles. The van der Waals surface area contributed by atoms with Crippen LogP contribution in [0, 0.1) is 0 Å². The molecule has 0 amide bonds. The number of benzene rings is 1. The highest BCUT2D eigenvalue weighted by Crippen LogP contribution is 2.23. The summed E-state index contributed by atoms with van der Waals surface area (Å²) in [7, 11) is -3.75. The van der Waals surface area contributed by atoms with E-state index >= 15 is 0 Å². The van der Waals surface area contributed by atoms with E-state index in [1.165, 1.54) is 6.07 Å². The van der Waals surface area contributed by atoms with Gasteiger partial charge in [-0.05, 0) is 26.0 Å². The lowest BCUT2D eigenvalue weighted by molar-refractivity contribution is 0.532. The zero-order valence-electron chi connectivity index (χ0n) is 10.7. The van der Waals surface area contributed by atoms with Gasteiger partial charge in [0.25, 0.3) is 0 Å². The van der Waals surface area contributed by atoms with Gasteiger partial charge in [-0.25, -0.2) is 13.6 Å². The largest absolute Gasteiger partial charge is 0.352 e. The van der Waals surface area contributed by atoms with Crippen molar-refractivity contribution in [2.45, 2.75) is 24.8 Å². The third kappa shape index (κ3) is 3.12. The van der Waals surface area contributed by atoms with Crippen LogP contribution in [0.4, 0.5) is 11.4 Å². The summed E-state index contributed by atoms with van der Waals surface area (Å²) in [5, 5.41) is 12.4. The number of anilines is 2. The lowest BCUT2D eigenvalue weighted by Crippen LogP contribution is -2.13. The van der Waals surface area contributed by atoms with Crippen LogP contribution in [0.25, 0.3) is 0 Å². The van der Waals surface area contributed by atoms with Gasteiger partial charge in [0.05, 0.1) is 17.6 Å². The summed E-state index contributed by atoms with van der Waals surface area (Å²) >= 11 is 0. The molecule has 2 aromatic rings. The number of sulfonamides is 1. The van der Waals surface area contributed by atoms with Gasteiger partial charge in [0.2, 0.25) is 10.0 Å². The van der Waals surface area contributed by atoms with Gasteiger partial charge in [-0.2, -0.15) is 5.10 Å². The quantitative estimate of drug-likeness (QED) is 0.894. The number of hydrogen-bond acceptors (Lipinski definition) is 4. The number of nitrogens with one attached hydrogen (secondary N) is 1. The van der Waals surface area contributed by atoms with Crippen molar-refractivity contribution in [2.75, 3.05) is 5.32 Å². The summed E-state index contributed by atoms with van der Waals surface area (Å²) in [6.07, 6.45) is 3.45. The van der Waals surface area contributed by atoms with Crippen LogP contribution in [0.2, 0.25) is 0 Å². The van der Waals surface area contributed by atoms with E-state index in [1.54, 1.807) is 29.1 Å². The Morgan fingerprint density at radius 1 is 1.32 bits per heavy atom. The molecule has 0 aliphatic rings. The molecule has 102 valence electrons. The predicted octanol–water partition coefficient (Wildman–Crippen LogP) is 1.85. The Bertz CT molecular complexity index is 677. The van der Waals surface area contributed by atoms with Crippen molar-refractivity contribution in [1.82, 2.24) is 9.78 Å². The molecule has 0 fully saturated rings. The molecule has 0 radical (unpaired) electrons. The molecule has 0 aliphatic heterocycles. The predicted molar refractivity (Wildman–Crippen MR) is 73.7 cm³/mol. The van der Waals surface area contributed by atoms with Crippen LogP contribution >= 0.6 is 0 Å². The first-order chi connectivity index (χ1) is 8.88. The SMILES string of the molecule is CC(C)n1cc(Nc2ccccc2S(N)(=O)=O)cn1. The fourth-order valence-electron chi connectivity index (χ4n) is 1.66. The van der Waals surface area contributed by atoms with E-state index in [2.05, 4.69) is 10.4 Å². The summed E-state index contributed by atoms with van der Waals surface area (Å²) in [6.45, 7) is 4.02. The molecular formula is C12H16N4O2S. The van der Waals surface area contributed by atoms with Crippen molar-refractivity contribution < 1.29 is 8.42 Å². The molecule has 0 aliphatic carbocycles. The second-order valence-electron chi connectivity index (χ2n) is 4.47. The van der Waals surface area contributed by atoms with Gasteiger partial charge in [0, 0.05) is 12.2 Å². The maximum atomic E-state index is 11.5. The van der Waals surface area contributed by atoms with Crippen LogP contribution in [0.5, 0.6) is 0 Å². The molecular weight excluding hydrogens is 264 g/mol. The number of nitrogens with two attached hydrogens (primary N) is 1. The fraction of sp³-hybridized carbons (Fsp3) is 0.250. The molecule has 0 unspecified atom stereocenters. The summed E-state index contributed by atoms with van der Waals surface area (Å²) < 4.78 is 24.7. The molecule has 3 N–H and O–H groups in total. The van der Waals surface area contributed by atoms with E-state index in [-0.39, 0.29) is 10.9 Å². The van der Waals surface area contributed by atoms with Crippen molar-refractivity contribution in [3.63, 3.8) is 0 Å². The Morgan fingerprint density at radius 3 is 2.58 bits per heavy atom. The lowest BCUT2D eigenvalue weighted by atomic mass is 10.3. The van der Waals surface area contributed by atoms with Gasteiger partial charge in [-0.3, -0.25) is 4.68 Å². The van der Waals surface area contributed by atoms with Gasteiger partial charge in [0.1, 0.15) is 4.90 Å². The van der Waals surface area contributed by atoms with Crippen LogP contribution in [0.3, 0.4) is 0 Å². The van der Waals surface area contributed by atoms with Crippen molar-refractivity contribution in [3.8, 4) is 0 Å². The highest BCUT2D eigenvalue weighted by Gasteiger charge is 2.13. The second-order valence-corrected chi connectivity index (χ2v) is 6.00. The van der Waals surface area contributed by atoms with E-state index < -0.39 is 10.0 Å². The monoisotopic (exact) mass is 280 g/mol. The zero-order chi connectivity index (χ0) is 14.0. The Labute approximate surface area is 112 Å². The number of para-hydroxylation sites is 1. The van der Waals surface area contributed by atoms with Gasteiger partial charge < -0.3 is 5.32 Å². The maximum Gasteiger partial charge on any atom is 0.240 e. The number of rotatable bonds is 4. The minimum absolute atomic E-state index is 0.0623. The molecule has 0 saturated carbocycles. The molecule has 0 bridgehead atoms. The summed E-state index contributed by atoms with van der Waals surface area (Å²) in [6, 6.07) is 6.73. The molecule has 0 spiro atoms. The van der Waals surface area contributed by atoms with Crippen molar-refractivity contribution in [3.05, 3.63) is 36.7 Å². The Kier molecular flexibility index (Phi) is 3.59. The van der Waals surface area contributed by atoms with Crippen LogP contribution in [-0.4, -0.2) is 18.2 Å².